The Labute approximate surface area is 101 Å². The van der Waals surface area contributed by atoms with Gasteiger partial charge in [0, 0.05) is 11.5 Å². The minimum Gasteiger partial charge on any atom is -0.479 e. The largest absolute Gasteiger partial charge is 0.479 e. The van der Waals surface area contributed by atoms with E-state index >= 15 is 0 Å². The first-order valence-corrected chi connectivity index (χ1v) is 5.04. The van der Waals surface area contributed by atoms with Crippen LogP contribution >= 0.6 is 0 Å². The molecule has 1 rings (SSSR count). The number of nitrogens with zero attached hydrogens (tertiary/aromatic N) is 3. The lowest BCUT2D eigenvalue weighted by Gasteiger charge is -2.38. The smallest absolute Gasteiger partial charge is 0.335 e. The van der Waals surface area contributed by atoms with E-state index in [1.54, 1.807) is 0 Å². The molecule has 0 aromatic carbocycles. The molecule has 0 bridgehead atoms. The number of hydrogen-bond donors (Lipinski definition) is 4. The molecule has 1 heterocycles. The fourth-order valence-electron chi connectivity index (χ4n) is 1.44. The van der Waals surface area contributed by atoms with E-state index in [2.05, 4.69) is 10.0 Å². The third kappa shape index (κ3) is 3.29. The van der Waals surface area contributed by atoms with Gasteiger partial charge in [-0.2, -0.15) is 0 Å². The van der Waals surface area contributed by atoms with Crippen LogP contribution in [-0.2, 0) is 14.3 Å². The Kier molecular flexibility index (Phi) is 5.28. The van der Waals surface area contributed by atoms with Gasteiger partial charge in [-0.15, -0.1) is 0 Å². The Hall–Kier alpha value is -1.42. The van der Waals surface area contributed by atoms with Gasteiger partial charge in [0.1, 0.15) is 18.3 Å². The maximum absolute atomic E-state index is 10.7. The Morgan fingerprint density at radius 1 is 1.33 bits per heavy atom. The molecule has 0 aromatic rings. The number of aliphatic hydroxyl groups is 3. The molecule has 18 heavy (non-hydrogen) atoms. The van der Waals surface area contributed by atoms with E-state index in [-0.39, 0.29) is 13.2 Å². The second-order valence-corrected chi connectivity index (χ2v) is 3.56. The molecule has 1 saturated heterocycles. The number of carbonyl (C=O) groups is 1. The minimum absolute atomic E-state index is 0.0422. The van der Waals surface area contributed by atoms with Crippen molar-refractivity contribution in [3.8, 4) is 0 Å². The van der Waals surface area contributed by atoms with E-state index in [4.69, 9.17) is 20.1 Å². The van der Waals surface area contributed by atoms with Gasteiger partial charge >= 0.3 is 5.97 Å². The maximum atomic E-state index is 10.7. The highest BCUT2D eigenvalue weighted by Crippen LogP contribution is 2.22. The highest BCUT2D eigenvalue weighted by molar-refractivity contribution is 5.73. The maximum Gasteiger partial charge on any atom is 0.335 e. The van der Waals surface area contributed by atoms with Crippen molar-refractivity contribution in [2.45, 2.75) is 30.7 Å². The number of azide groups is 1. The molecule has 0 saturated carbocycles. The van der Waals surface area contributed by atoms with Gasteiger partial charge in [0.2, 0.25) is 0 Å². The predicted octanol–water partition coefficient (Wildman–Crippen LogP) is -1.79. The van der Waals surface area contributed by atoms with E-state index in [0.29, 0.717) is 0 Å². The van der Waals surface area contributed by atoms with Crippen molar-refractivity contribution in [1.29, 1.82) is 0 Å². The van der Waals surface area contributed by atoms with Crippen molar-refractivity contribution in [3.05, 3.63) is 10.4 Å². The van der Waals surface area contributed by atoms with Gasteiger partial charge in [0.25, 0.3) is 0 Å². The van der Waals surface area contributed by atoms with Crippen molar-refractivity contribution >= 4 is 5.97 Å². The van der Waals surface area contributed by atoms with E-state index in [1.165, 1.54) is 0 Å². The van der Waals surface area contributed by atoms with Crippen LogP contribution in [0, 0.1) is 0 Å². The summed E-state index contributed by atoms with van der Waals surface area (Å²) in [5.41, 5.74) is 8.02. The quantitative estimate of drug-likeness (QED) is 0.196. The second-order valence-electron chi connectivity index (χ2n) is 3.56. The predicted molar refractivity (Wildman–Crippen MR) is 54.3 cm³/mol. The van der Waals surface area contributed by atoms with E-state index < -0.39 is 36.7 Å². The molecular weight excluding hydrogens is 250 g/mol. The van der Waals surface area contributed by atoms with Gasteiger partial charge in [0.05, 0.1) is 6.61 Å². The zero-order chi connectivity index (χ0) is 13.7. The monoisotopic (exact) mass is 263 g/mol. The Balaban J connectivity index is 2.61. The van der Waals surface area contributed by atoms with E-state index in [1.807, 2.05) is 0 Å². The van der Waals surface area contributed by atoms with Crippen molar-refractivity contribution in [2.75, 3.05) is 13.2 Å². The van der Waals surface area contributed by atoms with Crippen molar-refractivity contribution in [3.63, 3.8) is 0 Å². The standard InChI is InChI=1S/C8H13N3O7/c9-11-10-1-2-17-8-5(14)3(12)4(13)6(18-8)7(15)16/h3-6,8,12-14H,1-2H2,(H,15,16)/t3-,4-,5+,6-,8+/m0/s1. The molecule has 0 aromatic heterocycles. The van der Waals surface area contributed by atoms with Crippen LogP contribution < -0.4 is 0 Å². The van der Waals surface area contributed by atoms with Crippen LogP contribution in [-0.4, -0.2) is 70.3 Å². The van der Waals surface area contributed by atoms with Gasteiger partial charge in [-0.3, -0.25) is 0 Å². The van der Waals surface area contributed by atoms with E-state index in [0.717, 1.165) is 0 Å². The third-order valence-electron chi connectivity index (χ3n) is 2.35. The van der Waals surface area contributed by atoms with Crippen LogP contribution in [0.3, 0.4) is 0 Å². The molecule has 1 aliphatic heterocycles. The lowest BCUT2D eigenvalue weighted by Crippen LogP contribution is -2.60. The number of rotatable bonds is 5. The molecule has 10 heteroatoms. The summed E-state index contributed by atoms with van der Waals surface area (Å²) >= 11 is 0. The number of aliphatic carboxylic acids is 1. The zero-order valence-electron chi connectivity index (χ0n) is 9.16. The van der Waals surface area contributed by atoms with Crippen molar-refractivity contribution in [2.24, 2.45) is 5.11 Å². The molecule has 0 spiro atoms. The van der Waals surface area contributed by atoms with Crippen molar-refractivity contribution < 1.29 is 34.7 Å². The van der Waals surface area contributed by atoms with Crippen LogP contribution in [0.25, 0.3) is 10.4 Å². The number of hydrogen-bond acceptors (Lipinski definition) is 7. The topological polar surface area (TPSA) is 165 Å². The molecule has 4 N–H and O–H groups in total. The van der Waals surface area contributed by atoms with Crippen LogP contribution in [0.15, 0.2) is 5.11 Å². The SMILES string of the molecule is [N-]=[N+]=NCCO[C@@H]1O[C@H](C(=O)O)[C@@H](O)[C@H](O)[C@H]1O. The fraction of sp³-hybridized carbons (Fsp3) is 0.875. The van der Waals surface area contributed by atoms with Gasteiger partial charge in [-0.05, 0) is 5.53 Å². The van der Waals surface area contributed by atoms with Crippen LogP contribution in [0.4, 0.5) is 0 Å². The first kappa shape index (κ1) is 14.6. The first-order chi connectivity index (χ1) is 8.49. The summed E-state index contributed by atoms with van der Waals surface area (Å²) in [6.07, 6.45) is -8.17. The van der Waals surface area contributed by atoms with Gasteiger partial charge < -0.3 is 29.9 Å². The Bertz CT molecular complexity index is 346. The summed E-state index contributed by atoms with van der Waals surface area (Å²) in [4.78, 5) is 13.2. The summed E-state index contributed by atoms with van der Waals surface area (Å²) in [6, 6.07) is 0. The second kappa shape index (κ2) is 6.50. The normalized spacial score (nSPS) is 35.8. The highest BCUT2D eigenvalue weighted by Gasteiger charge is 2.47. The zero-order valence-corrected chi connectivity index (χ0v) is 9.16. The summed E-state index contributed by atoms with van der Waals surface area (Å²) in [7, 11) is 0. The highest BCUT2D eigenvalue weighted by atomic mass is 16.7. The third-order valence-corrected chi connectivity index (χ3v) is 2.35. The molecule has 0 aliphatic carbocycles. The molecule has 0 unspecified atom stereocenters. The van der Waals surface area contributed by atoms with Crippen LogP contribution in [0.1, 0.15) is 0 Å². The molecule has 5 atom stereocenters. The summed E-state index contributed by atoms with van der Waals surface area (Å²) in [5.74, 6) is -1.49. The lowest BCUT2D eigenvalue weighted by atomic mass is 9.99. The molecular formula is C8H13N3O7. The lowest BCUT2D eigenvalue weighted by molar-refractivity contribution is -0.293. The molecule has 0 radical (unpaired) electrons. The molecule has 1 aliphatic rings. The number of carboxylic acids is 1. The summed E-state index contributed by atoms with van der Waals surface area (Å²) < 4.78 is 9.73. The average molecular weight is 263 g/mol. The number of aliphatic hydroxyl groups excluding tert-OH is 3. The average Bonchev–Trinajstić information content (AvgIpc) is 2.33. The van der Waals surface area contributed by atoms with E-state index in [9.17, 15) is 20.1 Å². The van der Waals surface area contributed by atoms with Crippen LogP contribution in [0.5, 0.6) is 0 Å². The van der Waals surface area contributed by atoms with Crippen LogP contribution in [0.2, 0.25) is 0 Å². The minimum atomic E-state index is -1.76. The number of carboxylic acid groups (broad SMARTS) is 1. The summed E-state index contributed by atoms with van der Waals surface area (Å²) in [5, 5.41) is 40.2. The van der Waals surface area contributed by atoms with Gasteiger partial charge in [-0.25, -0.2) is 4.79 Å². The molecule has 102 valence electrons. The Morgan fingerprint density at radius 2 is 2.00 bits per heavy atom. The molecule has 0 amide bonds. The van der Waals surface area contributed by atoms with Crippen molar-refractivity contribution in [1.82, 2.24) is 0 Å². The first-order valence-electron chi connectivity index (χ1n) is 5.04. The fourth-order valence-corrected chi connectivity index (χ4v) is 1.44. The molecule has 1 fully saturated rings. The van der Waals surface area contributed by atoms with Gasteiger partial charge in [-0.1, -0.05) is 5.11 Å². The number of ether oxygens (including phenoxy) is 2. The molecule has 10 nitrogen and oxygen atoms in total. The van der Waals surface area contributed by atoms with Gasteiger partial charge in [0.15, 0.2) is 12.4 Å². The summed E-state index contributed by atoms with van der Waals surface area (Å²) in [6.45, 7) is -0.166. The Morgan fingerprint density at radius 3 is 2.56 bits per heavy atom.